The third-order valence-corrected chi connectivity index (χ3v) is 2.22. The van der Waals surface area contributed by atoms with Crippen LogP contribution in [0.3, 0.4) is 0 Å². The molecule has 2 rings (SSSR count). The van der Waals surface area contributed by atoms with E-state index in [0.29, 0.717) is 12.2 Å². The molecular weight excluding hydrogens is 180 g/mol. The van der Waals surface area contributed by atoms with Crippen LogP contribution in [0.25, 0.3) is 5.57 Å². The summed E-state index contributed by atoms with van der Waals surface area (Å²) in [5.41, 5.74) is 1.71. The van der Waals surface area contributed by atoms with Crippen LogP contribution in [0.15, 0.2) is 30.8 Å². The molecule has 0 amide bonds. The molecule has 1 saturated heterocycles. The number of carbonyl (C=O) groups is 1. The van der Waals surface area contributed by atoms with Crippen LogP contribution in [0.5, 0.6) is 0 Å². The number of hydrogen-bond acceptors (Lipinski definition) is 2. The molecule has 1 N–H and O–H groups in total. The van der Waals surface area contributed by atoms with Crippen molar-refractivity contribution in [3.05, 3.63) is 42.0 Å². The highest BCUT2D eigenvalue weighted by Gasteiger charge is 2.28. The Hall–Kier alpha value is -1.61. The van der Waals surface area contributed by atoms with Gasteiger partial charge in [-0.25, -0.2) is 4.79 Å². The van der Waals surface area contributed by atoms with E-state index >= 15 is 0 Å². The third-order valence-electron chi connectivity index (χ3n) is 2.22. The standard InChI is InChI=1S/C11H10O3/c1-7(11(12)13)8-4-2-3-5-9(8)10-6-14-10/h2-5,10H,1,6H2,(H,12,13). The fourth-order valence-corrected chi connectivity index (χ4v) is 1.40. The van der Waals surface area contributed by atoms with Gasteiger partial charge in [-0.2, -0.15) is 0 Å². The van der Waals surface area contributed by atoms with Crippen LogP contribution >= 0.6 is 0 Å². The molecule has 3 heteroatoms. The van der Waals surface area contributed by atoms with Gasteiger partial charge in [0.05, 0.1) is 12.2 Å². The molecule has 1 aliphatic heterocycles. The largest absolute Gasteiger partial charge is 0.478 e. The highest BCUT2D eigenvalue weighted by Crippen LogP contribution is 2.34. The van der Waals surface area contributed by atoms with Crippen LogP contribution in [0, 0.1) is 0 Å². The fraction of sp³-hybridized carbons (Fsp3) is 0.182. The van der Waals surface area contributed by atoms with E-state index in [1.54, 1.807) is 12.1 Å². The lowest BCUT2D eigenvalue weighted by Crippen LogP contribution is -2.01. The summed E-state index contributed by atoms with van der Waals surface area (Å²) in [6.07, 6.45) is 0.0577. The molecule has 1 aromatic carbocycles. The first-order valence-corrected chi connectivity index (χ1v) is 4.33. The fourth-order valence-electron chi connectivity index (χ4n) is 1.40. The zero-order valence-electron chi connectivity index (χ0n) is 7.56. The van der Waals surface area contributed by atoms with Crippen molar-refractivity contribution < 1.29 is 14.6 Å². The van der Waals surface area contributed by atoms with Crippen LogP contribution in [0.1, 0.15) is 17.2 Å². The SMILES string of the molecule is C=C(C(=O)O)c1ccccc1C1CO1. The quantitative estimate of drug-likeness (QED) is 0.584. The van der Waals surface area contributed by atoms with Gasteiger partial charge in [0.25, 0.3) is 0 Å². The van der Waals surface area contributed by atoms with Crippen molar-refractivity contribution in [1.82, 2.24) is 0 Å². The molecule has 14 heavy (non-hydrogen) atoms. The van der Waals surface area contributed by atoms with Crippen molar-refractivity contribution in [2.75, 3.05) is 6.61 Å². The van der Waals surface area contributed by atoms with Crippen LogP contribution in [0.2, 0.25) is 0 Å². The number of aliphatic carboxylic acids is 1. The lowest BCUT2D eigenvalue weighted by atomic mass is 9.99. The van der Waals surface area contributed by atoms with Crippen molar-refractivity contribution in [1.29, 1.82) is 0 Å². The van der Waals surface area contributed by atoms with Crippen molar-refractivity contribution in [2.24, 2.45) is 0 Å². The van der Waals surface area contributed by atoms with Crippen LogP contribution in [0.4, 0.5) is 0 Å². The second-order valence-corrected chi connectivity index (χ2v) is 3.19. The topological polar surface area (TPSA) is 49.8 Å². The summed E-state index contributed by atoms with van der Waals surface area (Å²) in [6.45, 7) is 4.21. The van der Waals surface area contributed by atoms with E-state index in [4.69, 9.17) is 9.84 Å². The first kappa shape index (κ1) is 8.97. The number of rotatable bonds is 3. The summed E-state index contributed by atoms with van der Waals surface area (Å²) in [4.78, 5) is 10.8. The van der Waals surface area contributed by atoms with Gasteiger partial charge in [-0.3, -0.25) is 0 Å². The molecule has 1 fully saturated rings. The molecule has 1 aliphatic rings. The maximum atomic E-state index is 10.8. The summed E-state index contributed by atoms with van der Waals surface area (Å²) in [7, 11) is 0. The van der Waals surface area contributed by atoms with E-state index in [1.165, 1.54) is 0 Å². The molecule has 0 saturated carbocycles. The van der Waals surface area contributed by atoms with E-state index in [2.05, 4.69) is 6.58 Å². The Labute approximate surface area is 81.6 Å². The Balaban J connectivity index is 2.40. The minimum absolute atomic E-state index is 0.0577. The van der Waals surface area contributed by atoms with Gasteiger partial charge >= 0.3 is 5.97 Å². The first-order valence-electron chi connectivity index (χ1n) is 4.33. The monoisotopic (exact) mass is 190 g/mol. The maximum absolute atomic E-state index is 10.8. The van der Waals surface area contributed by atoms with Crippen molar-refractivity contribution in [3.63, 3.8) is 0 Å². The second-order valence-electron chi connectivity index (χ2n) is 3.19. The van der Waals surface area contributed by atoms with Gasteiger partial charge in [-0.05, 0) is 11.1 Å². The molecule has 0 bridgehead atoms. The van der Waals surface area contributed by atoms with Crippen LogP contribution < -0.4 is 0 Å². The Kier molecular flexibility index (Phi) is 2.09. The van der Waals surface area contributed by atoms with E-state index in [-0.39, 0.29) is 11.7 Å². The molecular formula is C11H10O3. The summed E-state index contributed by atoms with van der Waals surface area (Å²) in [6, 6.07) is 7.31. The Morgan fingerprint density at radius 3 is 2.71 bits per heavy atom. The first-order chi connectivity index (χ1) is 6.70. The zero-order chi connectivity index (χ0) is 10.1. The van der Waals surface area contributed by atoms with E-state index < -0.39 is 5.97 Å². The predicted octanol–water partition coefficient (Wildman–Crippen LogP) is 1.86. The highest BCUT2D eigenvalue weighted by atomic mass is 16.6. The molecule has 0 spiro atoms. The summed E-state index contributed by atoms with van der Waals surface area (Å²) in [5, 5.41) is 8.82. The number of carboxylic acids is 1. The molecule has 3 nitrogen and oxygen atoms in total. The van der Waals surface area contributed by atoms with Crippen LogP contribution in [-0.4, -0.2) is 17.7 Å². The number of carboxylic acid groups (broad SMARTS) is 1. The normalized spacial score (nSPS) is 19.0. The molecule has 1 heterocycles. The van der Waals surface area contributed by atoms with Gasteiger partial charge in [0.15, 0.2) is 0 Å². The average Bonchev–Trinajstić information content (AvgIpc) is 3.00. The zero-order valence-corrected chi connectivity index (χ0v) is 7.56. The van der Waals surface area contributed by atoms with Gasteiger partial charge in [0, 0.05) is 0 Å². The molecule has 0 aliphatic carbocycles. The predicted molar refractivity (Wildman–Crippen MR) is 51.8 cm³/mol. The smallest absolute Gasteiger partial charge is 0.335 e. The Bertz CT molecular complexity index is 391. The highest BCUT2D eigenvalue weighted by molar-refractivity contribution is 6.14. The minimum atomic E-state index is -0.988. The maximum Gasteiger partial charge on any atom is 0.335 e. The number of ether oxygens (including phenoxy) is 1. The molecule has 0 radical (unpaired) electrons. The lowest BCUT2D eigenvalue weighted by molar-refractivity contribution is -0.130. The van der Waals surface area contributed by atoms with E-state index in [1.807, 2.05) is 12.1 Å². The van der Waals surface area contributed by atoms with Gasteiger partial charge in [-0.1, -0.05) is 30.8 Å². The van der Waals surface area contributed by atoms with Crippen LogP contribution in [-0.2, 0) is 9.53 Å². The molecule has 1 unspecified atom stereocenters. The molecule has 1 atom stereocenters. The summed E-state index contributed by atoms with van der Waals surface area (Å²) in [5.74, 6) is -0.988. The minimum Gasteiger partial charge on any atom is -0.478 e. The van der Waals surface area contributed by atoms with Crippen molar-refractivity contribution in [3.8, 4) is 0 Å². The number of hydrogen-bond donors (Lipinski definition) is 1. The Morgan fingerprint density at radius 2 is 2.14 bits per heavy atom. The van der Waals surface area contributed by atoms with Gasteiger partial charge in [-0.15, -0.1) is 0 Å². The molecule has 72 valence electrons. The van der Waals surface area contributed by atoms with E-state index in [9.17, 15) is 4.79 Å². The summed E-state index contributed by atoms with van der Waals surface area (Å²) < 4.78 is 5.13. The number of benzene rings is 1. The van der Waals surface area contributed by atoms with Crippen molar-refractivity contribution in [2.45, 2.75) is 6.10 Å². The lowest BCUT2D eigenvalue weighted by Gasteiger charge is -2.05. The molecule has 0 aromatic heterocycles. The van der Waals surface area contributed by atoms with Gasteiger partial charge in [0.2, 0.25) is 0 Å². The van der Waals surface area contributed by atoms with Crippen molar-refractivity contribution >= 4 is 11.5 Å². The Morgan fingerprint density at radius 1 is 1.50 bits per heavy atom. The third kappa shape index (κ3) is 1.54. The molecule has 1 aromatic rings. The second kappa shape index (κ2) is 3.27. The van der Waals surface area contributed by atoms with E-state index in [0.717, 1.165) is 5.56 Å². The number of epoxide rings is 1. The van der Waals surface area contributed by atoms with Gasteiger partial charge < -0.3 is 9.84 Å². The van der Waals surface area contributed by atoms with Gasteiger partial charge in [0.1, 0.15) is 6.10 Å². The average molecular weight is 190 g/mol. The summed E-state index contributed by atoms with van der Waals surface area (Å²) >= 11 is 0.